The van der Waals surface area contributed by atoms with Crippen molar-refractivity contribution in [3.8, 4) is 34.5 Å². The molecule has 60 heteroatoms. The standard InChI is InChI=1S/C84H72Cl12N27O6P9S6/c1-118(130(85,86)139)97-55-61-7-19-67(20-8-61)103-109-73-31-43-79(44-32-73)124-136(125-80-45-33-74(34-46-80)110-104-68-21-9-62(10-22-68)56-98-119(2)131(87,88)140)115-137(126-81-47-35-75(36-48-81)111-105-69-23-11-63(12-24-69)57-99-120(3)132(89,90)141,127-82-49-37-76(38-50-82)112-106-70-25-13-64(14-26-70)58-100-121(4)133(91,92)142)117-138(116-136,128-83-51-39-77(40-52-83)113-107-71-27-15-65(16-28-71)59-101-122(5)134(93,94)143)129-84-53-41-78(42-54-84)114-108-72-29-17-66(18-30-72)60-102-123(6)135(95,96)144/h7-60H,1-6H3/b97-55+,98-56+,99-57+,100-58+,101-59+,102-60+,109-103?,110-104?,111-105?,112-106?,113-107?,114-108?. The summed E-state index contributed by atoms with van der Waals surface area (Å²) in [7, 11) is -4.78. The van der Waals surface area contributed by atoms with Gasteiger partial charge in [-0.3, -0.25) is 0 Å². The van der Waals surface area contributed by atoms with Gasteiger partial charge in [0.15, 0.2) is 0 Å². The number of hydrazone groups is 6. The van der Waals surface area contributed by atoms with E-state index in [4.69, 9.17) is 246 Å². The van der Waals surface area contributed by atoms with E-state index in [1.165, 1.54) is 28.7 Å². The Kier molecular flexibility index (Phi) is 40.4. The number of hydrogen-bond donors (Lipinski definition) is 0. The predicted octanol–water partition coefficient (Wildman–Crippen LogP) is 38.6. The molecule has 0 radical (unpaired) electrons. The van der Waals surface area contributed by atoms with Crippen LogP contribution >= 0.6 is 187 Å². The topological polar surface area (TPSA) is 334 Å². The molecule has 144 heavy (non-hydrogen) atoms. The van der Waals surface area contributed by atoms with Gasteiger partial charge in [-0.05, 0) is 458 Å². The lowest BCUT2D eigenvalue weighted by molar-refractivity contribution is 0.443. The number of nitrogens with zero attached hydrogens (tertiary/aromatic N) is 27. The van der Waals surface area contributed by atoms with Gasteiger partial charge >= 0.3 is 23.0 Å². The maximum atomic E-state index is 7.39. The Balaban J connectivity index is 0.984. The molecule has 33 nitrogen and oxygen atoms in total. The average Bonchev–Trinajstić information content (AvgIpc) is 0.726. The van der Waals surface area contributed by atoms with Gasteiger partial charge in [0.25, 0.3) is 0 Å². The molecule has 744 valence electrons. The first-order chi connectivity index (χ1) is 68.3. The molecule has 0 fully saturated rings. The summed E-state index contributed by atoms with van der Waals surface area (Å²) in [5.41, 5.74) is 9.53. The Morgan fingerprint density at radius 1 is 0.188 bits per heavy atom. The fraction of sp³-hybridized carbons (Fsp3) is 0.0714. The Bertz CT molecular complexity index is 6330. The summed E-state index contributed by atoms with van der Waals surface area (Å²) in [5.74, 6) is 0.602. The predicted molar refractivity (Wildman–Crippen MR) is 622 cm³/mol. The molecule has 0 unspecified atom stereocenters. The number of rotatable bonds is 42. The Morgan fingerprint density at radius 2 is 0.285 bits per heavy atom. The fourth-order valence-corrected chi connectivity index (χ4v) is 23.0. The third-order valence-electron chi connectivity index (χ3n) is 18.4. The largest absolute Gasteiger partial charge is 0.460 e. The van der Waals surface area contributed by atoms with Crippen LogP contribution in [0.2, 0.25) is 0 Å². The molecular weight excluding hydrogens is 2380 g/mol. The highest BCUT2D eigenvalue weighted by Gasteiger charge is 2.49. The molecule has 0 atom stereocenters. The van der Waals surface area contributed by atoms with Crippen LogP contribution in [0.1, 0.15) is 33.4 Å². The summed E-state index contributed by atoms with van der Waals surface area (Å²) in [6, 6.07) is 81.8. The summed E-state index contributed by atoms with van der Waals surface area (Å²) in [4.78, 5) is -17.2. The van der Waals surface area contributed by atoms with Crippen LogP contribution in [0, 0.1) is 0 Å². The molecule has 1 aliphatic heterocycles. The molecule has 1 heterocycles. The minimum Gasteiger partial charge on any atom is -0.413 e. The van der Waals surface area contributed by atoms with Gasteiger partial charge in [-0.2, -0.15) is 92.0 Å². The van der Waals surface area contributed by atoms with E-state index in [1.807, 2.05) is 0 Å². The molecule has 0 amide bonds. The first-order valence-corrected chi connectivity index (χ1v) is 72.7. The summed E-state index contributed by atoms with van der Waals surface area (Å²) in [6.45, 7) is 0. The van der Waals surface area contributed by atoms with Crippen LogP contribution in [-0.4, -0.2) is 108 Å². The van der Waals surface area contributed by atoms with Crippen molar-refractivity contribution in [2.75, 3.05) is 42.3 Å². The van der Waals surface area contributed by atoms with E-state index in [-0.39, 0.29) is 34.5 Å². The number of hydrogen-bond acceptors (Lipinski definition) is 33. The Labute approximate surface area is 916 Å². The third kappa shape index (κ3) is 36.1. The molecule has 0 spiro atoms. The lowest BCUT2D eigenvalue weighted by Crippen LogP contribution is -2.11. The monoisotopic (exact) mass is 2440 g/mol. The lowest BCUT2D eigenvalue weighted by Gasteiger charge is -2.33. The Morgan fingerprint density at radius 3 is 0.382 bits per heavy atom. The summed E-state index contributed by atoms with van der Waals surface area (Å²) in [5, 5.41) is 80.6. The van der Waals surface area contributed by atoms with Crippen LogP contribution in [0.3, 0.4) is 0 Å². The van der Waals surface area contributed by atoms with Crippen molar-refractivity contribution in [3.63, 3.8) is 0 Å². The van der Waals surface area contributed by atoms with Gasteiger partial charge in [-0.25, -0.2) is 28.7 Å². The molecule has 0 saturated carbocycles. The molecule has 0 bridgehead atoms. The first kappa shape index (κ1) is 113. The van der Waals surface area contributed by atoms with Crippen molar-refractivity contribution < 1.29 is 27.1 Å². The van der Waals surface area contributed by atoms with Gasteiger partial charge in [0.05, 0.1) is 106 Å². The van der Waals surface area contributed by atoms with Gasteiger partial charge in [0.1, 0.15) is 34.5 Å². The van der Waals surface area contributed by atoms with Crippen molar-refractivity contribution >= 4 is 364 Å². The van der Waals surface area contributed by atoms with Crippen LogP contribution in [0.4, 0.5) is 68.2 Å². The smallest absolute Gasteiger partial charge is 0.413 e. The van der Waals surface area contributed by atoms with Crippen molar-refractivity contribution in [2.24, 2.45) is 106 Å². The SMILES string of the molecule is CN(/N=C/c1ccc(N=Nc2ccc(OP3(Oc4ccc(N=Nc5ccc(/C=N/N(C)P(=S)(Cl)Cl)cc5)cc4)=NP(Oc4ccc(N=Nc5ccc(/C=N/N(C)P(=S)(Cl)Cl)cc5)cc4)(Oc4ccc(N=Nc5ccc(/C=N/N(C)P(=S)(Cl)Cl)cc5)cc4)=NP(Oc4ccc(N=Nc5ccc(/C=N/N(C)P(=S)(Cl)Cl)cc5)cc4)(Oc4ccc(N=Nc5ccc(/C=N/N(C)P(=S)(Cl)Cl)cc5)cc4)=N3)cc2)cc1)P(=S)(Cl)Cl. The highest BCUT2D eigenvalue weighted by molar-refractivity contribution is 8.39. The van der Waals surface area contributed by atoms with Crippen LogP contribution in [0.15, 0.2) is 397 Å². The zero-order valence-electron chi connectivity index (χ0n) is 74.7. The first-order valence-electron chi connectivity index (χ1n) is 40.7. The van der Waals surface area contributed by atoms with Crippen LogP contribution in [-0.2, 0) is 70.8 Å². The zero-order chi connectivity index (χ0) is 103. The summed E-state index contributed by atoms with van der Waals surface area (Å²) in [6.07, 6.45) is 9.42. The van der Waals surface area contributed by atoms with E-state index in [9.17, 15) is 0 Å². The second-order valence-corrected chi connectivity index (χ2v) is 81.3. The molecule has 0 aliphatic carbocycles. The zero-order valence-corrected chi connectivity index (χ0v) is 96.7. The number of benzene rings is 12. The van der Waals surface area contributed by atoms with Gasteiger partial charge in [-0.15, -0.1) is 0 Å². The summed E-state index contributed by atoms with van der Waals surface area (Å²) < 4.78 is 69.0. The normalized spacial score (nSPS) is 16.2. The molecule has 12 aromatic rings. The molecule has 0 saturated heterocycles. The van der Waals surface area contributed by atoms with Gasteiger partial charge in [0, 0.05) is 42.3 Å². The maximum absolute atomic E-state index is 7.39. The van der Waals surface area contributed by atoms with Gasteiger partial charge < -0.3 is 27.1 Å². The lowest BCUT2D eigenvalue weighted by atomic mass is 10.2. The minimum atomic E-state index is -4.79. The second-order valence-electron chi connectivity index (χ2n) is 29.0. The van der Waals surface area contributed by atoms with E-state index in [2.05, 4.69) is 92.0 Å². The van der Waals surface area contributed by atoms with Gasteiger partial charge in [0.2, 0.25) is 29.4 Å². The maximum Gasteiger partial charge on any atom is 0.460 e. The number of halogens is 12. The molecular formula is C84H72Cl12N27O6P9S6. The molecule has 0 N–H and O–H groups in total. The van der Waals surface area contributed by atoms with Crippen molar-refractivity contribution in [3.05, 3.63) is 325 Å². The van der Waals surface area contributed by atoms with Crippen molar-refractivity contribution in [2.45, 2.75) is 0 Å². The van der Waals surface area contributed by atoms with Crippen LogP contribution in [0.5, 0.6) is 34.5 Å². The third-order valence-corrected chi connectivity index (χ3v) is 43.3. The second kappa shape index (κ2) is 51.4. The summed E-state index contributed by atoms with van der Waals surface area (Å²) >= 11 is 106. The molecule has 12 aromatic carbocycles. The van der Waals surface area contributed by atoms with Crippen molar-refractivity contribution in [1.82, 2.24) is 28.7 Å². The van der Waals surface area contributed by atoms with Crippen LogP contribution < -0.4 is 27.1 Å². The van der Waals surface area contributed by atoms with E-state index in [0.717, 1.165) is 0 Å². The highest BCUT2D eigenvalue weighted by atomic mass is 35.9. The Hall–Kier alpha value is -8.07. The molecule has 1 aliphatic rings. The quantitative estimate of drug-likeness (QED) is 0.0148. The fourth-order valence-electron chi connectivity index (χ4n) is 10.7. The van der Waals surface area contributed by atoms with Crippen LogP contribution in [0.25, 0.3) is 0 Å². The van der Waals surface area contributed by atoms with E-state index in [0.29, 0.717) is 102 Å². The highest BCUT2D eigenvalue weighted by Crippen LogP contribution is 2.79. The average molecular weight is 2450 g/mol. The van der Waals surface area contributed by atoms with Crippen molar-refractivity contribution in [1.29, 1.82) is 0 Å². The molecule has 13 rings (SSSR count). The molecule has 0 aromatic heterocycles. The van der Waals surface area contributed by atoms with E-state index in [1.54, 1.807) is 371 Å². The van der Waals surface area contributed by atoms with Gasteiger partial charge in [-0.1, -0.05) is 86.3 Å². The van der Waals surface area contributed by atoms with E-state index < -0.39 is 52.3 Å². The number of azo groups is 6. The minimum absolute atomic E-state index is 0.100. The van der Waals surface area contributed by atoms with E-state index >= 15 is 0 Å².